The van der Waals surface area contributed by atoms with Crippen molar-refractivity contribution in [1.82, 2.24) is 4.90 Å². The highest BCUT2D eigenvalue weighted by atomic mass is 16.5. The molecule has 5 heteroatoms. The Bertz CT molecular complexity index is 475. The van der Waals surface area contributed by atoms with E-state index >= 15 is 0 Å². The molecule has 1 aromatic rings. The lowest BCUT2D eigenvalue weighted by atomic mass is 10.1. The summed E-state index contributed by atoms with van der Waals surface area (Å²) in [5, 5.41) is 18.5. The first-order chi connectivity index (χ1) is 9.58. The molecule has 0 spiro atoms. The van der Waals surface area contributed by atoms with E-state index in [0.717, 1.165) is 31.6 Å². The number of likely N-dealkylation sites (tertiary alicyclic amines) is 1. The molecule has 1 heterocycles. The number of benzene rings is 1. The zero-order valence-electron chi connectivity index (χ0n) is 11.7. The zero-order valence-corrected chi connectivity index (χ0v) is 11.7. The fourth-order valence-electron chi connectivity index (χ4n) is 2.66. The average Bonchev–Trinajstić information content (AvgIpc) is 2.80. The second-order valence-electron chi connectivity index (χ2n) is 5.22. The Labute approximate surface area is 118 Å². The lowest BCUT2D eigenvalue weighted by Gasteiger charge is -2.16. The van der Waals surface area contributed by atoms with Crippen LogP contribution in [-0.2, 0) is 11.3 Å². The third kappa shape index (κ3) is 3.87. The fourth-order valence-corrected chi connectivity index (χ4v) is 2.66. The van der Waals surface area contributed by atoms with Crippen LogP contribution >= 0.6 is 0 Å². The number of aliphatic carboxylic acids is 1. The van der Waals surface area contributed by atoms with Crippen molar-refractivity contribution in [2.24, 2.45) is 5.92 Å². The minimum atomic E-state index is -0.722. The summed E-state index contributed by atoms with van der Waals surface area (Å²) in [6.45, 7) is 4.89. The number of phenols is 1. The number of rotatable bonds is 6. The summed E-state index contributed by atoms with van der Waals surface area (Å²) in [5.41, 5.74) is 1.07. The van der Waals surface area contributed by atoms with Crippen LogP contribution in [0.25, 0.3) is 0 Å². The summed E-state index contributed by atoms with van der Waals surface area (Å²) in [6.07, 6.45) is 1.18. The molecular formula is C15H21NO4. The molecule has 0 saturated carbocycles. The van der Waals surface area contributed by atoms with Crippen molar-refractivity contribution >= 4 is 5.97 Å². The maximum Gasteiger partial charge on any atom is 0.303 e. The van der Waals surface area contributed by atoms with Gasteiger partial charge in [0.25, 0.3) is 0 Å². The van der Waals surface area contributed by atoms with Gasteiger partial charge in [-0.2, -0.15) is 0 Å². The first kappa shape index (κ1) is 14.7. The Morgan fingerprint density at radius 2 is 2.30 bits per heavy atom. The predicted molar refractivity (Wildman–Crippen MR) is 74.9 cm³/mol. The molecule has 20 heavy (non-hydrogen) atoms. The van der Waals surface area contributed by atoms with E-state index in [1.807, 2.05) is 19.1 Å². The molecule has 0 aliphatic carbocycles. The Kier molecular flexibility index (Phi) is 4.84. The summed E-state index contributed by atoms with van der Waals surface area (Å²) in [5.74, 6) is 0.183. The highest BCUT2D eigenvalue weighted by Gasteiger charge is 2.24. The van der Waals surface area contributed by atoms with Gasteiger partial charge in [0.2, 0.25) is 0 Å². The molecule has 1 aliphatic rings. The molecule has 110 valence electrons. The molecule has 1 fully saturated rings. The van der Waals surface area contributed by atoms with Gasteiger partial charge in [-0.3, -0.25) is 9.69 Å². The van der Waals surface area contributed by atoms with Gasteiger partial charge in [0.05, 0.1) is 6.61 Å². The van der Waals surface area contributed by atoms with Crippen LogP contribution in [0.15, 0.2) is 18.2 Å². The molecule has 0 radical (unpaired) electrons. The largest absolute Gasteiger partial charge is 0.504 e. The number of hydrogen-bond donors (Lipinski definition) is 2. The number of ether oxygens (including phenoxy) is 1. The molecule has 1 aliphatic heterocycles. The SMILES string of the molecule is CCOc1cc(CN2CCC(CC(=O)O)C2)ccc1O. The number of carboxylic acid groups (broad SMARTS) is 1. The number of hydrogen-bond acceptors (Lipinski definition) is 4. The van der Waals surface area contributed by atoms with Crippen molar-refractivity contribution in [1.29, 1.82) is 0 Å². The van der Waals surface area contributed by atoms with Crippen molar-refractivity contribution < 1.29 is 19.7 Å². The van der Waals surface area contributed by atoms with Crippen LogP contribution in [0.2, 0.25) is 0 Å². The lowest BCUT2D eigenvalue weighted by Crippen LogP contribution is -2.20. The molecule has 1 aromatic carbocycles. The second-order valence-corrected chi connectivity index (χ2v) is 5.22. The highest BCUT2D eigenvalue weighted by Crippen LogP contribution is 2.28. The molecule has 1 atom stereocenters. The van der Waals surface area contributed by atoms with Crippen LogP contribution in [0.3, 0.4) is 0 Å². The second kappa shape index (κ2) is 6.61. The maximum absolute atomic E-state index is 10.7. The first-order valence-corrected chi connectivity index (χ1v) is 6.97. The quantitative estimate of drug-likeness (QED) is 0.834. The predicted octanol–water partition coefficient (Wildman–Crippen LogP) is 2.09. The smallest absolute Gasteiger partial charge is 0.303 e. The molecule has 5 nitrogen and oxygen atoms in total. The molecule has 1 saturated heterocycles. The maximum atomic E-state index is 10.7. The van der Waals surface area contributed by atoms with E-state index in [0.29, 0.717) is 12.4 Å². The summed E-state index contributed by atoms with van der Waals surface area (Å²) in [7, 11) is 0. The van der Waals surface area contributed by atoms with Crippen LogP contribution < -0.4 is 4.74 Å². The topological polar surface area (TPSA) is 70.0 Å². The van der Waals surface area contributed by atoms with Gasteiger partial charge in [0, 0.05) is 19.5 Å². The number of phenolic OH excluding ortho intramolecular Hbond substituents is 1. The van der Waals surface area contributed by atoms with Gasteiger partial charge in [-0.15, -0.1) is 0 Å². The van der Waals surface area contributed by atoms with Gasteiger partial charge >= 0.3 is 5.97 Å². The van der Waals surface area contributed by atoms with Crippen molar-refractivity contribution in [2.45, 2.75) is 26.3 Å². The van der Waals surface area contributed by atoms with E-state index in [1.54, 1.807) is 6.07 Å². The van der Waals surface area contributed by atoms with Gasteiger partial charge in [0.1, 0.15) is 0 Å². The minimum absolute atomic E-state index is 0.153. The van der Waals surface area contributed by atoms with E-state index in [-0.39, 0.29) is 18.1 Å². The average molecular weight is 279 g/mol. The van der Waals surface area contributed by atoms with E-state index in [2.05, 4.69) is 4.90 Å². The molecule has 0 aromatic heterocycles. The van der Waals surface area contributed by atoms with Crippen molar-refractivity contribution in [3.63, 3.8) is 0 Å². The summed E-state index contributed by atoms with van der Waals surface area (Å²) in [4.78, 5) is 13.0. The molecular weight excluding hydrogens is 258 g/mol. The normalized spacial score (nSPS) is 19.1. The minimum Gasteiger partial charge on any atom is -0.504 e. The Morgan fingerprint density at radius 1 is 1.50 bits per heavy atom. The van der Waals surface area contributed by atoms with Crippen molar-refractivity contribution in [3.05, 3.63) is 23.8 Å². The Morgan fingerprint density at radius 3 is 3.00 bits per heavy atom. The van der Waals surface area contributed by atoms with Gasteiger partial charge in [-0.25, -0.2) is 0 Å². The number of carboxylic acids is 1. The van der Waals surface area contributed by atoms with Gasteiger partial charge in [-0.05, 0) is 43.5 Å². The number of aromatic hydroxyl groups is 1. The van der Waals surface area contributed by atoms with E-state index < -0.39 is 5.97 Å². The molecule has 0 bridgehead atoms. The monoisotopic (exact) mass is 279 g/mol. The van der Waals surface area contributed by atoms with Gasteiger partial charge in [0.15, 0.2) is 11.5 Å². The number of nitrogens with zero attached hydrogens (tertiary/aromatic N) is 1. The summed E-state index contributed by atoms with van der Waals surface area (Å²) >= 11 is 0. The Hall–Kier alpha value is -1.75. The Balaban J connectivity index is 1.94. The van der Waals surface area contributed by atoms with Gasteiger partial charge in [-0.1, -0.05) is 6.07 Å². The van der Waals surface area contributed by atoms with E-state index in [9.17, 15) is 9.90 Å². The molecule has 2 rings (SSSR count). The van der Waals surface area contributed by atoms with Crippen LogP contribution in [0.4, 0.5) is 0 Å². The van der Waals surface area contributed by atoms with Crippen molar-refractivity contribution in [3.8, 4) is 11.5 Å². The molecule has 1 unspecified atom stereocenters. The van der Waals surface area contributed by atoms with Crippen LogP contribution in [0, 0.1) is 5.92 Å². The first-order valence-electron chi connectivity index (χ1n) is 6.97. The molecule has 0 amide bonds. The molecule has 2 N–H and O–H groups in total. The van der Waals surface area contributed by atoms with Crippen LogP contribution in [0.1, 0.15) is 25.3 Å². The van der Waals surface area contributed by atoms with Crippen LogP contribution in [-0.4, -0.2) is 40.8 Å². The zero-order chi connectivity index (χ0) is 14.5. The van der Waals surface area contributed by atoms with Crippen molar-refractivity contribution in [2.75, 3.05) is 19.7 Å². The fraction of sp³-hybridized carbons (Fsp3) is 0.533. The summed E-state index contributed by atoms with van der Waals surface area (Å²) < 4.78 is 5.37. The summed E-state index contributed by atoms with van der Waals surface area (Å²) in [6, 6.07) is 5.37. The van der Waals surface area contributed by atoms with E-state index in [4.69, 9.17) is 9.84 Å². The van der Waals surface area contributed by atoms with Gasteiger partial charge < -0.3 is 14.9 Å². The highest BCUT2D eigenvalue weighted by molar-refractivity contribution is 5.67. The van der Waals surface area contributed by atoms with E-state index in [1.165, 1.54) is 0 Å². The third-order valence-electron chi connectivity index (χ3n) is 3.56. The van der Waals surface area contributed by atoms with Crippen LogP contribution in [0.5, 0.6) is 11.5 Å². The lowest BCUT2D eigenvalue weighted by molar-refractivity contribution is -0.138. The third-order valence-corrected chi connectivity index (χ3v) is 3.56. The standard InChI is InChI=1S/C15H21NO4/c1-2-20-14-7-11(3-4-13(14)17)9-16-6-5-12(10-16)8-15(18)19/h3-4,7,12,17H,2,5-6,8-10H2,1H3,(H,18,19). The number of carbonyl (C=O) groups is 1.